The third-order valence-corrected chi connectivity index (χ3v) is 2.13. The van der Waals surface area contributed by atoms with Crippen LogP contribution in [0.25, 0.3) is 10.8 Å². The predicted molar refractivity (Wildman–Crippen MR) is 60.6 cm³/mol. The highest BCUT2D eigenvalue weighted by atomic mass is 16.5. The number of hydrogen-bond acceptors (Lipinski definition) is 3. The molecule has 0 fully saturated rings. The van der Waals surface area contributed by atoms with Crippen LogP contribution in [0.2, 0.25) is 0 Å². The summed E-state index contributed by atoms with van der Waals surface area (Å²) < 4.78 is 4.44. The first kappa shape index (κ1) is 10.2. The molecule has 3 nitrogen and oxygen atoms in total. The van der Waals surface area contributed by atoms with Crippen molar-refractivity contribution in [3.05, 3.63) is 42.2 Å². The smallest absolute Gasteiger partial charge is 0.384 e. The molecule has 16 heavy (non-hydrogen) atoms. The van der Waals surface area contributed by atoms with Crippen molar-refractivity contribution in [1.82, 2.24) is 4.98 Å². The minimum absolute atomic E-state index is 0.533. The van der Waals surface area contributed by atoms with Crippen LogP contribution in [0.3, 0.4) is 0 Å². The largest absolute Gasteiger partial charge is 0.459 e. The Labute approximate surface area is 93.1 Å². The van der Waals surface area contributed by atoms with E-state index >= 15 is 0 Å². The van der Waals surface area contributed by atoms with E-state index in [1.165, 1.54) is 7.11 Å². The van der Waals surface area contributed by atoms with Gasteiger partial charge in [-0.05, 0) is 23.6 Å². The molecule has 3 heteroatoms. The van der Waals surface area contributed by atoms with Crippen LogP contribution in [-0.2, 0) is 9.53 Å². The number of hydrogen-bond donors (Lipinski definition) is 0. The SMILES string of the molecule is COC(=O)C#Cc1ccc2cnccc2c1. The van der Waals surface area contributed by atoms with Gasteiger partial charge < -0.3 is 4.74 Å². The lowest BCUT2D eigenvalue weighted by Crippen LogP contribution is -1.94. The van der Waals surface area contributed by atoms with E-state index in [1.54, 1.807) is 12.4 Å². The number of ether oxygens (including phenoxy) is 1. The molecule has 0 radical (unpaired) electrons. The van der Waals surface area contributed by atoms with Crippen molar-refractivity contribution in [2.24, 2.45) is 0 Å². The van der Waals surface area contributed by atoms with Crippen LogP contribution in [0.1, 0.15) is 5.56 Å². The van der Waals surface area contributed by atoms with Crippen molar-refractivity contribution in [3.63, 3.8) is 0 Å². The van der Waals surface area contributed by atoms with Crippen LogP contribution < -0.4 is 0 Å². The predicted octanol–water partition coefficient (Wildman–Crippen LogP) is 1.76. The van der Waals surface area contributed by atoms with Crippen LogP contribution in [0.15, 0.2) is 36.7 Å². The fourth-order valence-electron chi connectivity index (χ4n) is 1.34. The van der Waals surface area contributed by atoms with Gasteiger partial charge >= 0.3 is 5.97 Å². The third kappa shape index (κ3) is 2.18. The van der Waals surface area contributed by atoms with Crippen LogP contribution >= 0.6 is 0 Å². The van der Waals surface area contributed by atoms with E-state index < -0.39 is 5.97 Å². The second-order valence-electron chi connectivity index (χ2n) is 3.18. The molecule has 0 amide bonds. The van der Waals surface area contributed by atoms with Crippen LogP contribution in [0.4, 0.5) is 0 Å². The van der Waals surface area contributed by atoms with Gasteiger partial charge in [-0.15, -0.1) is 0 Å². The molecule has 0 saturated carbocycles. The number of fused-ring (bicyclic) bond motifs is 1. The van der Waals surface area contributed by atoms with E-state index in [4.69, 9.17) is 0 Å². The maximum absolute atomic E-state index is 10.8. The molecule has 78 valence electrons. The molecule has 0 aliphatic rings. The number of nitrogens with zero attached hydrogens (tertiary/aromatic N) is 1. The van der Waals surface area contributed by atoms with Crippen molar-refractivity contribution >= 4 is 16.7 Å². The number of carbonyl (C=O) groups is 1. The van der Waals surface area contributed by atoms with Crippen LogP contribution in [0.5, 0.6) is 0 Å². The average Bonchev–Trinajstić information content (AvgIpc) is 2.35. The highest BCUT2D eigenvalue weighted by molar-refractivity contribution is 5.89. The zero-order valence-corrected chi connectivity index (χ0v) is 8.73. The zero-order chi connectivity index (χ0) is 11.4. The summed E-state index contributed by atoms with van der Waals surface area (Å²) in [6, 6.07) is 7.58. The maximum Gasteiger partial charge on any atom is 0.384 e. The van der Waals surface area contributed by atoms with E-state index in [0.29, 0.717) is 0 Å². The number of esters is 1. The molecular weight excluding hydrogens is 202 g/mol. The Balaban J connectivity index is 2.39. The topological polar surface area (TPSA) is 39.2 Å². The third-order valence-electron chi connectivity index (χ3n) is 2.13. The van der Waals surface area contributed by atoms with Gasteiger partial charge in [0.15, 0.2) is 0 Å². The lowest BCUT2D eigenvalue weighted by atomic mass is 10.1. The first-order valence-corrected chi connectivity index (χ1v) is 4.73. The van der Waals surface area contributed by atoms with Gasteiger partial charge in [-0.25, -0.2) is 4.79 Å². The molecule has 0 unspecified atom stereocenters. The summed E-state index contributed by atoms with van der Waals surface area (Å²) >= 11 is 0. The van der Waals surface area contributed by atoms with E-state index in [2.05, 4.69) is 21.6 Å². The molecular formula is C13H9NO2. The summed E-state index contributed by atoms with van der Waals surface area (Å²) in [4.78, 5) is 14.9. The van der Waals surface area contributed by atoms with Crippen molar-refractivity contribution < 1.29 is 9.53 Å². The van der Waals surface area contributed by atoms with E-state index in [-0.39, 0.29) is 0 Å². The Morgan fingerprint density at radius 2 is 2.19 bits per heavy atom. The molecule has 0 atom stereocenters. The highest BCUT2D eigenvalue weighted by Gasteiger charge is 1.94. The maximum atomic E-state index is 10.8. The molecule has 1 heterocycles. The Morgan fingerprint density at radius 1 is 1.31 bits per heavy atom. The number of pyridine rings is 1. The van der Waals surface area contributed by atoms with Gasteiger partial charge in [0.05, 0.1) is 7.11 Å². The Bertz CT molecular complexity index is 593. The van der Waals surface area contributed by atoms with Crippen LogP contribution in [0, 0.1) is 11.8 Å². The van der Waals surface area contributed by atoms with Gasteiger partial charge in [0.2, 0.25) is 0 Å². The lowest BCUT2D eigenvalue weighted by Gasteiger charge is -1.96. The van der Waals surface area contributed by atoms with E-state index in [0.717, 1.165) is 16.3 Å². The summed E-state index contributed by atoms with van der Waals surface area (Å²) in [5, 5.41) is 2.10. The number of rotatable bonds is 0. The van der Waals surface area contributed by atoms with Crippen molar-refractivity contribution in [3.8, 4) is 11.8 Å². The van der Waals surface area contributed by atoms with Gasteiger partial charge in [0.1, 0.15) is 0 Å². The molecule has 0 aliphatic heterocycles. The van der Waals surface area contributed by atoms with Gasteiger partial charge in [-0.1, -0.05) is 12.0 Å². The molecule has 2 aromatic rings. The first-order valence-electron chi connectivity index (χ1n) is 4.73. The molecule has 0 aliphatic carbocycles. The second kappa shape index (κ2) is 4.45. The summed E-state index contributed by atoms with van der Waals surface area (Å²) in [5.74, 6) is 4.60. The van der Waals surface area contributed by atoms with Crippen molar-refractivity contribution in [1.29, 1.82) is 0 Å². The number of aromatic nitrogens is 1. The fraction of sp³-hybridized carbons (Fsp3) is 0.0769. The van der Waals surface area contributed by atoms with Gasteiger partial charge in [0.25, 0.3) is 0 Å². The van der Waals surface area contributed by atoms with Gasteiger partial charge in [-0.3, -0.25) is 4.98 Å². The standard InChI is InChI=1S/C13H9NO2/c1-16-13(15)5-3-10-2-4-12-9-14-7-6-11(12)8-10/h2,4,6-9H,1H3. The Kier molecular flexibility index (Phi) is 2.84. The Morgan fingerprint density at radius 3 is 3.00 bits per heavy atom. The minimum Gasteiger partial charge on any atom is -0.459 e. The molecule has 0 N–H and O–H groups in total. The Hall–Kier alpha value is -2.34. The molecule has 0 spiro atoms. The monoisotopic (exact) mass is 211 g/mol. The van der Waals surface area contributed by atoms with Gasteiger partial charge in [0, 0.05) is 29.3 Å². The normalized spacial score (nSPS) is 9.31. The highest BCUT2D eigenvalue weighted by Crippen LogP contribution is 2.13. The molecule has 0 saturated heterocycles. The fourth-order valence-corrected chi connectivity index (χ4v) is 1.34. The molecule has 1 aromatic carbocycles. The van der Waals surface area contributed by atoms with E-state index in [1.807, 2.05) is 24.3 Å². The molecule has 1 aromatic heterocycles. The van der Waals surface area contributed by atoms with Crippen LogP contribution in [-0.4, -0.2) is 18.1 Å². The summed E-state index contributed by atoms with van der Waals surface area (Å²) in [5.41, 5.74) is 0.782. The summed E-state index contributed by atoms with van der Waals surface area (Å²) in [6.07, 6.45) is 3.51. The average molecular weight is 211 g/mol. The molecule has 2 rings (SSSR count). The van der Waals surface area contributed by atoms with Crippen molar-refractivity contribution in [2.75, 3.05) is 7.11 Å². The zero-order valence-electron chi connectivity index (χ0n) is 8.73. The number of methoxy groups -OCH3 is 1. The van der Waals surface area contributed by atoms with E-state index in [9.17, 15) is 4.79 Å². The summed E-state index contributed by atoms with van der Waals surface area (Å²) in [7, 11) is 1.31. The quantitative estimate of drug-likeness (QED) is 0.492. The number of carbonyl (C=O) groups excluding carboxylic acids is 1. The minimum atomic E-state index is -0.533. The van der Waals surface area contributed by atoms with Gasteiger partial charge in [-0.2, -0.15) is 0 Å². The lowest BCUT2D eigenvalue weighted by molar-refractivity contribution is -0.133. The first-order chi connectivity index (χ1) is 7.79. The molecule has 0 bridgehead atoms. The number of benzene rings is 1. The summed E-state index contributed by atoms with van der Waals surface area (Å²) in [6.45, 7) is 0. The van der Waals surface area contributed by atoms with Crippen molar-refractivity contribution in [2.45, 2.75) is 0 Å². The second-order valence-corrected chi connectivity index (χ2v) is 3.18.